The minimum absolute atomic E-state index is 0.0546. The van der Waals surface area contributed by atoms with Gasteiger partial charge in [0, 0.05) is 22.0 Å². The Bertz CT molecular complexity index is 1600. The number of anilines is 1. The number of aryl methyl sites for hydroxylation is 1. The summed E-state index contributed by atoms with van der Waals surface area (Å²) in [5, 5.41) is 15.2. The molecule has 0 aliphatic heterocycles. The first-order chi connectivity index (χ1) is 17.7. The molecule has 1 aliphatic carbocycles. The average molecular weight is 575 g/mol. The van der Waals surface area contributed by atoms with Crippen LogP contribution in [0.15, 0.2) is 52.4 Å². The number of aromatic nitrogens is 2. The molecule has 1 amide bonds. The predicted molar refractivity (Wildman–Crippen MR) is 149 cm³/mol. The number of carbonyl (C=O) groups is 1. The third-order valence-corrected chi connectivity index (χ3v) is 8.80. The Labute approximate surface area is 229 Å². The monoisotopic (exact) mass is 574 g/mol. The molecule has 0 fully saturated rings. The summed E-state index contributed by atoms with van der Waals surface area (Å²) in [6.07, 6.45) is 2.80. The number of hydrogen-bond donors (Lipinski definition) is 1. The molecule has 0 bridgehead atoms. The highest BCUT2D eigenvalue weighted by molar-refractivity contribution is 7.99. The molecule has 5 rings (SSSR count). The average Bonchev–Trinajstić information content (AvgIpc) is 3.22. The first kappa shape index (κ1) is 25.7. The number of benzene rings is 2. The van der Waals surface area contributed by atoms with E-state index in [2.05, 4.69) is 12.2 Å². The number of thiophene rings is 1. The van der Waals surface area contributed by atoms with Crippen molar-refractivity contribution in [1.29, 1.82) is 0 Å². The summed E-state index contributed by atoms with van der Waals surface area (Å²) in [7, 11) is 0. The number of amides is 1. The molecule has 1 aliphatic rings. The Balaban J connectivity index is 1.48. The normalized spacial score (nSPS) is 14.9. The largest absolute Gasteiger partial charge is 0.324 e. The molecule has 0 saturated carbocycles. The molecule has 1 N–H and O–H groups in total. The lowest BCUT2D eigenvalue weighted by atomic mass is 9.89. The zero-order chi connectivity index (χ0) is 26.3. The fraction of sp³-hybridized carbons (Fsp3) is 0.240. The zero-order valence-corrected chi connectivity index (χ0v) is 22.6. The quantitative estimate of drug-likeness (QED) is 0.121. The maximum atomic E-state index is 13.8. The molecule has 190 valence electrons. The zero-order valence-electron chi connectivity index (χ0n) is 19.5. The fourth-order valence-corrected chi connectivity index (χ4v) is 6.91. The summed E-state index contributed by atoms with van der Waals surface area (Å²) in [5.74, 6) is 0.112. The van der Waals surface area contributed by atoms with E-state index in [0.29, 0.717) is 32.0 Å². The van der Waals surface area contributed by atoms with E-state index in [-0.39, 0.29) is 27.7 Å². The second-order valence-corrected chi connectivity index (χ2v) is 11.7. The van der Waals surface area contributed by atoms with Gasteiger partial charge in [-0.15, -0.1) is 11.3 Å². The Morgan fingerprint density at radius 2 is 2.03 bits per heavy atom. The van der Waals surface area contributed by atoms with E-state index in [4.69, 9.17) is 28.2 Å². The standard InChI is InChI=1S/C25H20Cl2N4O4S2/c1-13-2-8-17-20(10-13)37-23-22(17)24(33)30(15-5-3-14(26)4-6-15)25(29-23)36-12-21(32)28-19-9-7-16(31(34)35)11-18(19)27/h3-7,9,11,13H,2,8,10,12H2,1H3,(H,28,32)/t13-/m1/s1. The molecule has 1 atom stereocenters. The van der Waals surface area contributed by atoms with Crippen molar-refractivity contribution in [3.8, 4) is 5.69 Å². The number of nitro benzene ring substituents is 1. The number of thioether (sulfide) groups is 1. The molecule has 8 nitrogen and oxygen atoms in total. The van der Waals surface area contributed by atoms with E-state index in [9.17, 15) is 19.7 Å². The van der Waals surface area contributed by atoms with Crippen LogP contribution in [0.4, 0.5) is 11.4 Å². The molecule has 0 saturated heterocycles. The first-order valence-corrected chi connectivity index (χ1v) is 14.0. The van der Waals surface area contributed by atoms with E-state index in [1.54, 1.807) is 35.6 Å². The summed E-state index contributed by atoms with van der Waals surface area (Å²) in [6.45, 7) is 2.21. The van der Waals surface area contributed by atoms with Crippen LogP contribution in [0, 0.1) is 16.0 Å². The van der Waals surface area contributed by atoms with Crippen molar-refractivity contribution in [1.82, 2.24) is 9.55 Å². The van der Waals surface area contributed by atoms with Crippen LogP contribution < -0.4 is 10.9 Å². The molecular formula is C25H20Cl2N4O4S2. The van der Waals surface area contributed by atoms with Crippen molar-refractivity contribution in [2.45, 2.75) is 31.3 Å². The van der Waals surface area contributed by atoms with Gasteiger partial charge in [0.25, 0.3) is 11.2 Å². The number of carbonyl (C=O) groups excluding carboxylic acids is 1. The van der Waals surface area contributed by atoms with Crippen LogP contribution in [0.5, 0.6) is 0 Å². The van der Waals surface area contributed by atoms with Crippen LogP contribution in [0.1, 0.15) is 23.8 Å². The van der Waals surface area contributed by atoms with Crippen molar-refractivity contribution in [2.24, 2.45) is 5.92 Å². The summed E-state index contributed by atoms with van der Waals surface area (Å²) in [5.41, 5.74) is 1.61. The van der Waals surface area contributed by atoms with Gasteiger partial charge in [0.15, 0.2) is 5.16 Å². The van der Waals surface area contributed by atoms with E-state index in [1.807, 2.05) is 0 Å². The van der Waals surface area contributed by atoms with Gasteiger partial charge < -0.3 is 5.32 Å². The van der Waals surface area contributed by atoms with Crippen molar-refractivity contribution in [2.75, 3.05) is 11.1 Å². The summed E-state index contributed by atoms with van der Waals surface area (Å²) in [4.78, 5) is 43.6. The second-order valence-electron chi connectivity index (χ2n) is 8.80. The van der Waals surface area contributed by atoms with Crippen molar-refractivity contribution >= 4 is 73.8 Å². The van der Waals surface area contributed by atoms with Gasteiger partial charge in [-0.25, -0.2) is 4.98 Å². The Morgan fingerprint density at radius 1 is 1.27 bits per heavy atom. The third-order valence-electron chi connectivity index (χ3n) is 6.15. The number of halogens is 2. The van der Waals surface area contributed by atoms with Gasteiger partial charge in [0.2, 0.25) is 5.91 Å². The van der Waals surface area contributed by atoms with Crippen LogP contribution in [-0.4, -0.2) is 26.1 Å². The van der Waals surface area contributed by atoms with Gasteiger partial charge in [-0.3, -0.25) is 24.3 Å². The summed E-state index contributed by atoms with van der Waals surface area (Å²) in [6, 6.07) is 10.7. The van der Waals surface area contributed by atoms with E-state index in [0.717, 1.165) is 36.6 Å². The number of nitro groups is 1. The molecule has 12 heteroatoms. The van der Waals surface area contributed by atoms with Crippen molar-refractivity contribution in [3.05, 3.63) is 83.4 Å². The smallest absolute Gasteiger partial charge is 0.271 e. The number of non-ortho nitro benzene ring substituents is 1. The van der Waals surface area contributed by atoms with E-state index < -0.39 is 10.8 Å². The molecule has 2 heterocycles. The van der Waals surface area contributed by atoms with Crippen LogP contribution >= 0.6 is 46.3 Å². The van der Waals surface area contributed by atoms with Gasteiger partial charge in [0.05, 0.1) is 32.5 Å². The molecule has 37 heavy (non-hydrogen) atoms. The van der Waals surface area contributed by atoms with Gasteiger partial charge in [-0.05, 0) is 61.1 Å². The first-order valence-electron chi connectivity index (χ1n) is 11.4. The van der Waals surface area contributed by atoms with Crippen LogP contribution in [-0.2, 0) is 17.6 Å². The Hall–Kier alpha value is -2.92. The molecular weight excluding hydrogens is 555 g/mol. The SMILES string of the molecule is C[C@@H]1CCc2c(sc3nc(SCC(=O)Nc4ccc([N+](=O)[O-])cc4Cl)n(-c4ccc(Cl)cc4)c(=O)c23)C1. The van der Waals surface area contributed by atoms with E-state index in [1.165, 1.54) is 27.6 Å². The Kier molecular flexibility index (Phi) is 7.26. The fourth-order valence-electron chi connectivity index (χ4n) is 4.32. The number of hydrogen-bond acceptors (Lipinski definition) is 7. The third kappa shape index (κ3) is 5.24. The van der Waals surface area contributed by atoms with E-state index >= 15 is 0 Å². The van der Waals surface area contributed by atoms with Crippen molar-refractivity contribution in [3.63, 3.8) is 0 Å². The number of rotatable bonds is 6. The predicted octanol–water partition coefficient (Wildman–Crippen LogP) is 6.52. The van der Waals surface area contributed by atoms with Crippen LogP contribution in [0.3, 0.4) is 0 Å². The summed E-state index contributed by atoms with van der Waals surface area (Å²) < 4.78 is 1.53. The molecule has 0 spiro atoms. The number of nitrogens with one attached hydrogen (secondary N) is 1. The summed E-state index contributed by atoms with van der Waals surface area (Å²) >= 11 is 14.9. The highest BCUT2D eigenvalue weighted by Crippen LogP contribution is 2.37. The maximum Gasteiger partial charge on any atom is 0.271 e. The van der Waals surface area contributed by atoms with Gasteiger partial charge in [-0.2, -0.15) is 0 Å². The lowest BCUT2D eigenvalue weighted by Crippen LogP contribution is -2.23. The topological polar surface area (TPSA) is 107 Å². The molecule has 0 unspecified atom stereocenters. The number of nitrogens with zero attached hydrogens (tertiary/aromatic N) is 3. The minimum atomic E-state index is -0.561. The second kappa shape index (κ2) is 10.4. The minimum Gasteiger partial charge on any atom is -0.324 e. The Morgan fingerprint density at radius 3 is 2.73 bits per heavy atom. The maximum absolute atomic E-state index is 13.8. The lowest BCUT2D eigenvalue weighted by molar-refractivity contribution is -0.384. The van der Waals surface area contributed by atoms with Gasteiger partial charge in [-0.1, -0.05) is 41.9 Å². The van der Waals surface area contributed by atoms with Gasteiger partial charge >= 0.3 is 0 Å². The molecule has 2 aromatic heterocycles. The van der Waals surface area contributed by atoms with Gasteiger partial charge in [0.1, 0.15) is 4.83 Å². The van der Waals surface area contributed by atoms with Crippen LogP contribution in [0.2, 0.25) is 10.0 Å². The highest BCUT2D eigenvalue weighted by Gasteiger charge is 2.25. The molecule has 2 aromatic carbocycles. The molecule has 4 aromatic rings. The lowest BCUT2D eigenvalue weighted by Gasteiger charge is -2.18. The van der Waals surface area contributed by atoms with Crippen molar-refractivity contribution < 1.29 is 9.72 Å². The highest BCUT2D eigenvalue weighted by atomic mass is 35.5. The molecule has 0 radical (unpaired) electrons. The van der Waals surface area contributed by atoms with Crippen LogP contribution in [0.25, 0.3) is 15.9 Å². The number of fused-ring (bicyclic) bond motifs is 3.